The zero-order valence-electron chi connectivity index (χ0n) is 16.9. The van der Waals surface area contributed by atoms with E-state index in [1.807, 2.05) is 6.92 Å². The van der Waals surface area contributed by atoms with E-state index in [2.05, 4.69) is 21.0 Å². The normalized spacial score (nSPS) is 11.0. The molecule has 0 unspecified atom stereocenters. The van der Waals surface area contributed by atoms with E-state index in [4.69, 9.17) is 16.3 Å². The fourth-order valence-corrected chi connectivity index (χ4v) is 3.18. The summed E-state index contributed by atoms with van der Waals surface area (Å²) >= 11 is 5.88. The first-order valence-electron chi connectivity index (χ1n) is 9.22. The lowest BCUT2D eigenvalue weighted by atomic mass is 10.1. The molecule has 0 saturated heterocycles. The highest BCUT2D eigenvalue weighted by molar-refractivity contribution is 7.85. The molecule has 0 spiro atoms. The van der Waals surface area contributed by atoms with E-state index in [-0.39, 0.29) is 18.9 Å². The molecule has 0 atom stereocenters. The molecule has 2 aromatic carbocycles. The maximum absolute atomic E-state index is 14.5. The van der Waals surface area contributed by atoms with E-state index >= 15 is 0 Å². The number of halogens is 2. The average molecular weight is 460 g/mol. The van der Waals surface area contributed by atoms with Crippen LogP contribution in [-0.2, 0) is 14.3 Å². The Hall–Kier alpha value is -2.92. The Kier molecular flexibility index (Phi) is 7.29. The minimum absolute atomic E-state index is 0.0496. The van der Waals surface area contributed by atoms with Gasteiger partial charge in [-0.3, -0.25) is 4.18 Å². The van der Waals surface area contributed by atoms with Crippen LogP contribution in [-0.4, -0.2) is 32.9 Å². The number of aromatic nitrogens is 1. The third kappa shape index (κ3) is 6.79. The third-order valence-corrected chi connectivity index (χ3v) is 5.00. The first-order valence-corrected chi connectivity index (χ1v) is 11.4. The summed E-state index contributed by atoms with van der Waals surface area (Å²) in [6.45, 7) is 1.85. The van der Waals surface area contributed by atoms with Crippen molar-refractivity contribution in [3.8, 4) is 28.7 Å². The Morgan fingerprint density at radius 2 is 1.77 bits per heavy atom. The van der Waals surface area contributed by atoms with Gasteiger partial charge in [0.25, 0.3) is 10.1 Å². The van der Waals surface area contributed by atoms with Crippen LogP contribution in [0.25, 0.3) is 11.1 Å². The summed E-state index contributed by atoms with van der Waals surface area (Å²) in [5, 5.41) is 0.605. The summed E-state index contributed by atoms with van der Waals surface area (Å²) in [6.07, 6.45) is 2.55. The molecule has 160 valence electrons. The van der Waals surface area contributed by atoms with E-state index < -0.39 is 15.9 Å². The van der Waals surface area contributed by atoms with Gasteiger partial charge in [0.2, 0.25) is 0 Å². The quantitative estimate of drug-likeness (QED) is 0.306. The van der Waals surface area contributed by atoms with Crippen molar-refractivity contribution in [2.24, 2.45) is 0 Å². The maximum Gasteiger partial charge on any atom is 0.264 e. The predicted molar refractivity (Wildman–Crippen MR) is 118 cm³/mol. The van der Waals surface area contributed by atoms with Crippen LogP contribution < -0.4 is 4.74 Å². The van der Waals surface area contributed by atoms with Crippen molar-refractivity contribution >= 4 is 21.7 Å². The van der Waals surface area contributed by atoms with Gasteiger partial charge in [-0.2, -0.15) is 8.42 Å². The summed E-state index contributed by atoms with van der Waals surface area (Å²) in [4.78, 5) is 4.13. The van der Waals surface area contributed by atoms with Crippen molar-refractivity contribution in [1.82, 2.24) is 4.98 Å². The predicted octanol–water partition coefficient (Wildman–Crippen LogP) is 4.60. The fourth-order valence-electron chi connectivity index (χ4n) is 2.69. The van der Waals surface area contributed by atoms with E-state index in [0.717, 1.165) is 17.4 Å². The van der Waals surface area contributed by atoms with Gasteiger partial charge < -0.3 is 4.74 Å². The van der Waals surface area contributed by atoms with E-state index in [1.54, 1.807) is 48.7 Å². The summed E-state index contributed by atoms with van der Waals surface area (Å²) in [5.74, 6) is 5.71. The van der Waals surface area contributed by atoms with Gasteiger partial charge >= 0.3 is 0 Å². The minimum Gasteiger partial charge on any atom is -0.491 e. The lowest BCUT2D eigenvalue weighted by Crippen LogP contribution is -2.11. The molecule has 0 aliphatic carbocycles. The van der Waals surface area contributed by atoms with Gasteiger partial charge in [-0.05, 0) is 60.4 Å². The number of aryl methyl sites for hydroxylation is 1. The van der Waals surface area contributed by atoms with Crippen molar-refractivity contribution in [2.45, 2.75) is 6.92 Å². The first kappa shape index (κ1) is 22.8. The molecular weight excluding hydrogens is 441 g/mol. The Bertz CT molecular complexity index is 1250. The lowest BCUT2D eigenvalue weighted by Gasteiger charge is -2.09. The van der Waals surface area contributed by atoms with Crippen LogP contribution in [0.3, 0.4) is 0 Å². The van der Waals surface area contributed by atoms with Gasteiger partial charge in [-0.25, -0.2) is 9.37 Å². The van der Waals surface area contributed by atoms with Crippen LogP contribution in [0.15, 0.2) is 54.7 Å². The highest BCUT2D eigenvalue weighted by Crippen LogP contribution is 2.22. The number of ether oxygens (including phenoxy) is 1. The Morgan fingerprint density at radius 3 is 2.42 bits per heavy atom. The lowest BCUT2D eigenvalue weighted by molar-refractivity contribution is 0.221. The van der Waals surface area contributed by atoms with Crippen LogP contribution in [0.1, 0.15) is 16.8 Å². The van der Waals surface area contributed by atoms with Crippen molar-refractivity contribution in [1.29, 1.82) is 0 Å². The highest BCUT2D eigenvalue weighted by atomic mass is 35.5. The minimum atomic E-state index is -3.49. The Morgan fingerprint density at radius 1 is 1.03 bits per heavy atom. The molecule has 0 amide bonds. The average Bonchev–Trinajstić information content (AvgIpc) is 2.71. The molecule has 3 rings (SSSR count). The summed E-state index contributed by atoms with van der Waals surface area (Å²) in [6, 6.07) is 13.7. The second kappa shape index (κ2) is 9.92. The third-order valence-electron chi connectivity index (χ3n) is 4.16. The molecule has 3 aromatic rings. The van der Waals surface area contributed by atoms with Gasteiger partial charge in [0.1, 0.15) is 24.7 Å². The number of nitrogens with zero attached hydrogens (tertiary/aromatic N) is 1. The summed E-state index contributed by atoms with van der Waals surface area (Å²) in [5.41, 5.74) is 2.96. The molecule has 31 heavy (non-hydrogen) atoms. The van der Waals surface area contributed by atoms with Gasteiger partial charge in [-0.15, -0.1) is 0 Å². The summed E-state index contributed by atoms with van der Waals surface area (Å²) in [7, 11) is -3.49. The van der Waals surface area contributed by atoms with Crippen molar-refractivity contribution in [3.05, 3.63) is 82.4 Å². The van der Waals surface area contributed by atoms with Crippen LogP contribution in [0.2, 0.25) is 5.02 Å². The molecule has 5 nitrogen and oxygen atoms in total. The first-order chi connectivity index (χ1) is 14.7. The van der Waals surface area contributed by atoms with Gasteiger partial charge in [0.15, 0.2) is 5.82 Å². The Labute approximate surface area is 185 Å². The van der Waals surface area contributed by atoms with Crippen molar-refractivity contribution in [2.75, 3.05) is 19.5 Å². The number of benzene rings is 2. The molecule has 0 radical (unpaired) electrons. The fraction of sp³-hybridized carbons (Fsp3) is 0.174. The monoisotopic (exact) mass is 459 g/mol. The second-order valence-corrected chi connectivity index (χ2v) is 8.75. The van der Waals surface area contributed by atoms with Crippen LogP contribution >= 0.6 is 11.6 Å². The van der Waals surface area contributed by atoms with Gasteiger partial charge in [0.05, 0.1) is 6.26 Å². The smallest absolute Gasteiger partial charge is 0.264 e. The van der Waals surface area contributed by atoms with Gasteiger partial charge in [-0.1, -0.05) is 29.7 Å². The molecule has 0 fully saturated rings. The number of hydrogen-bond donors (Lipinski definition) is 0. The molecule has 0 bridgehead atoms. The van der Waals surface area contributed by atoms with Crippen molar-refractivity contribution < 1.29 is 21.7 Å². The molecule has 0 N–H and O–H groups in total. The number of pyridine rings is 1. The highest BCUT2D eigenvalue weighted by Gasteiger charge is 2.06. The van der Waals surface area contributed by atoms with Crippen LogP contribution in [0.5, 0.6) is 5.75 Å². The second-order valence-electron chi connectivity index (χ2n) is 6.67. The molecule has 0 saturated carbocycles. The van der Waals surface area contributed by atoms with Crippen molar-refractivity contribution in [3.63, 3.8) is 0 Å². The molecule has 0 aliphatic rings. The largest absolute Gasteiger partial charge is 0.491 e. The van der Waals surface area contributed by atoms with Gasteiger partial charge in [0, 0.05) is 22.3 Å². The standard InChI is InChI=1S/C23H19ClFNO4S/c1-16-13-17(4-10-23(16)29-11-12-30-31(2,27)28)3-9-22-21(25)14-19(15-26-22)18-5-7-20(24)8-6-18/h4-8,10,13-15H,11-12H2,1-2H3. The SMILES string of the molecule is Cc1cc(C#Cc2ncc(-c3ccc(Cl)cc3)cc2F)ccc1OCCOS(C)(=O)=O. The number of hydrogen-bond acceptors (Lipinski definition) is 5. The van der Waals surface area contributed by atoms with Crippen LogP contribution in [0.4, 0.5) is 4.39 Å². The zero-order valence-corrected chi connectivity index (χ0v) is 18.4. The number of rotatable bonds is 6. The molecule has 8 heteroatoms. The Balaban J connectivity index is 1.68. The molecule has 1 heterocycles. The van der Waals surface area contributed by atoms with E-state index in [9.17, 15) is 12.8 Å². The van der Waals surface area contributed by atoms with Crippen LogP contribution in [0, 0.1) is 24.6 Å². The molecular formula is C23H19ClFNO4S. The topological polar surface area (TPSA) is 65.5 Å². The van der Waals surface area contributed by atoms with E-state index in [0.29, 0.717) is 21.9 Å². The molecule has 1 aromatic heterocycles. The summed E-state index contributed by atoms with van der Waals surface area (Å²) < 4.78 is 46.5. The maximum atomic E-state index is 14.5. The molecule has 0 aliphatic heterocycles. The zero-order chi connectivity index (χ0) is 22.4. The van der Waals surface area contributed by atoms with E-state index in [1.165, 1.54) is 6.07 Å².